The van der Waals surface area contributed by atoms with E-state index >= 15 is 0 Å². The van der Waals surface area contributed by atoms with Crippen LogP contribution in [0.3, 0.4) is 0 Å². The summed E-state index contributed by atoms with van der Waals surface area (Å²) in [5.74, 6) is 0.777. The van der Waals surface area contributed by atoms with Crippen LogP contribution in [0, 0.1) is 6.92 Å². The molecular weight excluding hydrogens is 338 g/mol. The van der Waals surface area contributed by atoms with Crippen LogP contribution in [0.1, 0.15) is 22.5 Å². The summed E-state index contributed by atoms with van der Waals surface area (Å²) in [5.41, 5.74) is 4.67. The Morgan fingerprint density at radius 3 is 2.52 bits per heavy atom. The Bertz CT molecular complexity index is 756. The zero-order valence-electron chi connectivity index (χ0n) is 16.2. The number of hydrogen-bond acceptors (Lipinski definition) is 4. The van der Waals surface area contributed by atoms with Crippen molar-refractivity contribution in [2.45, 2.75) is 26.6 Å². The number of aliphatic imine (C=N–C) groups is 1. The van der Waals surface area contributed by atoms with Gasteiger partial charge in [-0.05, 0) is 30.2 Å². The highest BCUT2D eigenvalue weighted by atomic mass is 16.5. The molecule has 6 nitrogen and oxygen atoms in total. The number of pyridine rings is 1. The van der Waals surface area contributed by atoms with Crippen molar-refractivity contribution >= 4 is 5.96 Å². The molecule has 1 aliphatic rings. The lowest BCUT2D eigenvalue weighted by Gasteiger charge is -2.27. The normalized spacial score (nSPS) is 15.6. The Balaban J connectivity index is 1.54. The number of guanidine groups is 1. The molecule has 0 unspecified atom stereocenters. The number of rotatable bonds is 6. The molecule has 1 aromatic carbocycles. The van der Waals surface area contributed by atoms with Crippen LogP contribution < -0.4 is 10.6 Å². The number of nitrogens with zero attached hydrogens (tertiary/aromatic N) is 3. The van der Waals surface area contributed by atoms with Gasteiger partial charge in [0.2, 0.25) is 0 Å². The maximum absolute atomic E-state index is 5.45. The van der Waals surface area contributed by atoms with Crippen LogP contribution in [0.5, 0.6) is 0 Å². The zero-order chi connectivity index (χ0) is 18.9. The molecule has 27 heavy (non-hydrogen) atoms. The van der Waals surface area contributed by atoms with Crippen LogP contribution >= 0.6 is 0 Å². The average molecular weight is 367 g/mol. The van der Waals surface area contributed by atoms with Crippen LogP contribution in [0.25, 0.3) is 0 Å². The van der Waals surface area contributed by atoms with Crippen molar-refractivity contribution in [2.75, 3.05) is 33.4 Å². The van der Waals surface area contributed by atoms with Crippen molar-refractivity contribution in [3.63, 3.8) is 0 Å². The SMILES string of the molecule is CN=C(NCc1cccc(C)n1)NCc1ccccc1CN1CCOCC1. The second-order valence-electron chi connectivity index (χ2n) is 6.71. The largest absolute Gasteiger partial charge is 0.379 e. The molecule has 1 aliphatic heterocycles. The van der Waals surface area contributed by atoms with Gasteiger partial charge < -0.3 is 15.4 Å². The molecule has 0 saturated carbocycles. The topological polar surface area (TPSA) is 61.8 Å². The third-order valence-corrected chi connectivity index (χ3v) is 4.67. The van der Waals surface area contributed by atoms with E-state index in [1.807, 2.05) is 25.1 Å². The Morgan fingerprint density at radius 1 is 1.04 bits per heavy atom. The first-order chi connectivity index (χ1) is 13.2. The van der Waals surface area contributed by atoms with Gasteiger partial charge in [-0.2, -0.15) is 0 Å². The minimum atomic E-state index is 0.650. The molecule has 1 aromatic heterocycles. The molecule has 3 rings (SSSR count). The first-order valence-corrected chi connectivity index (χ1v) is 9.48. The van der Waals surface area contributed by atoms with E-state index in [-0.39, 0.29) is 0 Å². The molecule has 1 fully saturated rings. The van der Waals surface area contributed by atoms with E-state index in [4.69, 9.17) is 4.74 Å². The zero-order valence-corrected chi connectivity index (χ0v) is 16.2. The summed E-state index contributed by atoms with van der Waals surface area (Å²) in [6.07, 6.45) is 0. The molecule has 1 saturated heterocycles. The summed E-state index contributed by atoms with van der Waals surface area (Å²) in [5, 5.41) is 6.75. The Labute approximate surface area is 161 Å². The molecule has 2 N–H and O–H groups in total. The fourth-order valence-corrected chi connectivity index (χ4v) is 3.16. The summed E-state index contributed by atoms with van der Waals surface area (Å²) in [6.45, 7) is 7.98. The first kappa shape index (κ1) is 19.3. The number of benzene rings is 1. The van der Waals surface area contributed by atoms with Crippen molar-refractivity contribution in [1.82, 2.24) is 20.5 Å². The number of morpholine rings is 1. The molecule has 144 valence electrons. The number of aryl methyl sites for hydroxylation is 1. The molecule has 0 amide bonds. The van der Waals surface area contributed by atoms with Gasteiger partial charge in [-0.15, -0.1) is 0 Å². The monoisotopic (exact) mass is 367 g/mol. The van der Waals surface area contributed by atoms with E-state index in [0.29, 0.717) is 6.54 Å². The van der Waals surface area contributed by atoms with Crippen molar-refractivity contribution in [1.29, 1.82) is 0 Å². The summed E-state index contributed by atoms with van der Waals surface area (Å²) >= 11 is 0. The van der Waals surface area contributed by atoms with Crippen LogP contribution in [0.15, 0.2) is 47.5 Å². The minimum absolute atomic E-state index is 0.650. The van der Waals surface area contributed by atoms with Gasteiger partial charge in [0.05, 0.1) is 25.5 Å². The van der Waals surface area contributed by atoms with E-state index in [9.17, 15) is 0 Å². The maximum atomic E-state index is 5.45. The van der Waals surface area contributed by atoms with E-state index in [1.165, 1.54) is 11.1 Å². The molecule has 0 spiro atoms. The lowest BCUT2D eigenvalue weighted by Crippen LogP contribution is -2.37. The van der Waals surface area contributed by atoms with Gasteiger partial charge >= 0.3 is 0 Å². The minimum Gasteiger partial charge on any atom is -0.379 e. The van der Waals surface area contributed by atoms with Gasteiger partial charge in [-0.3, -0.25) is 14.9 Å². The first-order valence-electron chi connectivity index (χ1n) is 9.48. The standard InChI is InChI=1S/C21H29N5O/c1-17-6-5-9-20(25-17)15-24-21(22-2)23-14-18-7-3-4-8-19(18)16-26-10-12-27-13-11-26/h3-9H,10-16H2,1-2H3,(H2,22,23,24). The lowest BCUT2D eigenvalue weighted by atomic mass is 10.1. The number of nitrogens with one attached hydrogen (secondary N) is 2. The summed E-state index contributed by atoms with van der Waals surface area (Å²) in [7, 11) is 1.79. The van der Waals surface area contributed by atoms with Crippen molar-refractivity contribution < 1.29 is 4.74 Å². The average Bonchev–Trinajstić information content (AvgIpc) is 2.70. The second-order valence-corrected chi connectivity index (χ2v) is 6.71. The highest BCUT2D eigenvalue weighted by Gasteiger charge is 2.12. The van der Waals surface area contributed by atoms with E-state index in [0.717, 1.165) is 56.7 Å². The highest BCUT2D eigenvalue weighted by Crippen LogP contribution is 2.13. The molecule has 0 aliphatic carbocycles. The van der Waals surface area contributed by atoms with Gasteiger partial charge in [-0.1, -0.05) is 30.3 Å². The Hall–Kier alpha value is -2.44. The van der Waals surface area contributed by atoms with Crippen molar-refractivity contribution in [3.05, 3.63) is 65.0 Å². The predicted molar refractivity (Wildman–Crippen MR) is 109 cm³/mol. The second kappa shape index (κ2) is 10.0. The third kappa shape index (κ3) is 6.05. The van der Waals surface area contributed by atoms with Gasteiger partial charge in [-0.25, -0.2) is 0 Å². The number of hydrogen-bond donors (Lipinski definition) is 2. The summed E-state index contributed by atoms with van der Waals surface area (Å²) < 4.78 is 5.45. The number of aromatic nitrogens is 1. The van der Waals surface area contributed by atoms with Gasteiger partial charge in [0.25, 0.3) is 0 Å². The molecular formula is C21H29N5O. The van der Waals surface area contributed by atoms with Crippen molar-refractivity contribution in [3.8, 4) is 0 Å². The number of ether oxygens (including phenoxy) is 1. The predicted octanol–water partition coefficient (Wildman–Crippen LogP) is 2.09. The van der Waals surface area contributed by atoms with Crippen LogP contribution in [0.4, 0.5) is 0 Å². The quantitative estimate of drug-likeness (QED) is 0.605. The fourth-order valence-electron chi connectivity index (χ4n) is 3.16. The van der Waals surface area contributed by atoms with Crippen LogP contribution in [-0.4, -0.2) is 49.2 Å². The van der Waals surface area contributed by atoms with Gasteiger partial charge in [0, 0.05) is 38.9 Å². The smallest absolute Gasteiger partial charge is 0.191 e. The maximum Gasteiger partial charge on any atom is 0.191 e. The molecule has 2 heterocycles. The molecule has 0 radical (unpaired) electrons. The molecule has 0 atom stereocenters. The van der Waals surface area contributed by atoms with E-state index in [2.05, 4.69) is 49.8 Å². The van der Waals surface area contributed by atoms with Gasteiger partial charge in [0.1, 0.15) is 0 Å². The fraction of sp³-hybridized carbons (Fsp3) is 0.429. The Morgan fingerprint density at radius 2 is 1.78 bits per heavy atom. The molecule has 6 heteroatoms. The van der Waals surface area contributed by atoms with Crippen molar-refractivity contribution in [2.24, 2.45) is 4.99 Å². The Kier molecular flexibility index (Phi) is 7.19. The van der Waals surface area contributed by atoms with Crippen LogP contribution in [-0.2, 0) is 24.4 Å². The molecule has 2 aromatic rings. The van der Waals surface area contributed by atoms with E-state index in [1.54, 1.807) is 7.05 Å². The molecule has 0 bridgehead atoms. The lowest BCUT2D eigenvalue weighted by molar-refractivity contribution is 0.0341. The van der Waals surface area contributed by atoms with E-state index < -0.39 is 0 Å². The third-order valence-electron chi connectivity index (χ3n) is 4.67. The van der Waals surface area contributed by atoms with Gasteiger partial charge in [0.15, 0.2) is 5.96 Å². The highest BCUT2D eigenvalue weighted by molar-refractivity contribution is 5.79. The summed E-state index contributed by atoms with van der Waals surface area (Å²) in [4.78, 5) is 11.3. The van der Waals surface area contributed by atoms with Crippen LogP contribution in [0.2, 0.25) is 0 Å². The summed E-state index contributed by atoms with van der Waals surface area (Å²) in [6, 6.07) is 14.6.